The Morgan fingerprint density at radius 1 is 1.17 bits per heavy atom. The molecule has 2 amide bonds. The van der Waals surface area contributed by atoms with Crippen LogP contribution in [0.5, 0.6) is 0 Å². The molecule has 0 saturated carbocycles. The monoisotopic (exact) mass is 495 g/mol. The molecule has 2 aliphatic heterocycles. The van der Waals surface area contributed by atoms with Crippen LogP contribution in [-0.2, 0) is 9.59 Å². The summed E-state index contributed by atoms with van der Waals surface area (Å²) in [7, 11) is 2.09. The number of imidazole rings is 1. The van der Waals surface area contributed by atoms with Crippen molar-refractivity contribution in [1.29, 1.82) is 5.26 Å². The molecule has 0 spiro atoms. The molecule has 2 aliphatic rings. The molecule has 36 heavy (non-hydrogen) atoms. The van der Waals surface area contributed by atoms with E-state index < -0.39 is 0 Å². The Kier molecular flexibility index (Phi) is 7.76. The van der Waals surface area contributed by atoms with Gasteiger partial charge in [0.15, 0.2) is 0 Å². The van der Waals surface area contributed by atoms with Crippen LogP contribution in [-0.4, -0.2) is 100 Å². The number of carbonyl (C=O) groups excluding carboxylic acids is 2. The quantitative estimate of drug-likeness (QED) is 0.590. The largest absolute Gasteiger partial charge is 0.340 e. The number of nitrogens with one attached hydrogen (secondary N) is 1. The van der Waals surface area contributed by atoms with Gasteiger partial charge in [0.25, 0.3) is 5.91 Å². The Morgan fingerprint density at radius 3 is 2.50 bits per heavy atom. The summed E-state index contributed by atoms with van der Waals surface area (Å²) in [6.07, 6.45) is 4.94. The van der Waals surface area contributed by atoms with Gasteiger partial charge in [0.05, 0.1) is 6.54 Å². The second-order valence-corrected chi connectivity index (χ2v) is 11.1. The first-order chi connectivity index (χ1) is 17.1. The Bertz CT molecular complexity index is 1120. The van der Waals surface area contributed by atoms with Crippen LogP contribution < -0.4 is 10.4 Å². The number of hydrogen-bond acceptors (Lipinski definition) is 8. The third-order valence-electron chi connectivity index (χ3n) is 6.76. The summed E-state index contributed by atoms with van der Waals surface area (Å²) >= 11 is 0. The summed E-state index contributed by atoms with van der Waals surface area (Å²) in [6, 6.07) is 3.74. The molecule has 1 N–H and O–H groups in total. The normalized spacial score (nSPS) is 18.2. The zero-order valence-electron chi connectivity index (χ0n) is 21.8. The van der Waals surface area contributed by atoms with Crippen molar-refractivity contribution in [3.8, 4) is 6.07 Å². The minimum absolute atomic E-state index is 0.0425. The number of carbonyl (C=O) groups is 2. The molecule has 0 aromatic carbocycles. The maximum Gasteiger partial charge on any atom is 0.252 e. The van der Waals surface area contributed by atoms with Gasteiger partial charge in [0.1, 0.15) is 17.6 Å². The van der Waals surface area contributed by atoms with Gasteiger partial charge in [0.2, 0.25) is 11.7 Å². The van der Waals surface area contributed by atoms with Gasteiger partial charge in [-0.25, -0.2) is 9.97 Å². The lowest BCUT2D eigenvalue weighted by atomic mass is 9.95. The van der Waals surface area contributed by atoms with E-state index in [2.05, 4.69) is 59.1 Å². The van der Waals surface area contributed by atoms with Crippen LogP contribution in [0.2, 0.25) is 0 Å². The van der Waals surface area contributed by atoms with E-state index >= 15 is 0 Å². The number of likely N-dealkylation sites (N-methyl/N-ethyl adjacent to an activating group) is 1. The highest BCUT2D eigenvalue weighted by atomic mass is 16.2. The number of aromatic nitrogens is 3. The second kappa shape index (κ2) is 10.8. The fourth-order valence-electron chi connectivity index (χ4n) is 4.82. The summed E-state index contributed by atoms with van der Waals surface area (Å²) in [5, 5.41) is 11.2. The Labute approximate surface area is 212 Å². The first kappa shape index (κ1) is 25.9. The number of hydrogen-bond donors (Lipinski definition) is 1. The average Bonchev–Trinajstić information content (AvgIpc) is 3.31. The lowest BCUT2D eigenvalue weighted by Crippen LogP contribution is -2.52. The Morgan fingerprint density at radius 2 is 1.86 bits per heavy atom. The minimum Gasteiger partial charge on any atom is -0.340 e. The second-order valence-electron chi connectivity index (χ2n) is 11.1. The number of hydrazine groups is 1. The first-order valence-corrected chi connectivity index (χ1v) is 12.6. The first-order valence-electron chi connectivity index (χ1n) is 12.6. The van der Waals surface area contributed by atoms with Crippen molar-refractivity contribution < 1.29 is 9.59 Å². The molecule has 2 aromatic heterocycles. The molecule has 2 fully saturated rings. The number of rotatable bonds is 6. The number of anilines is 1. The lowest BCUT2D eigenvalue weighted by molar-refractivity contribution is -0.138. The summed E-state index contributed by atoms with van der Waals surface area (Å²) in [5.41, 5.74) is 3.16. The average molecular weight is 496 g/mol. The highest BCUT2D eigenvalue weighted by molar-refractivity contribution is 5.80. The van der Waals surface area contributed by atoms with Gasteiger partial charge in [-0.15, -0.1) is 0 Å². The van der Waals surface area contributed by atoms with Crippen molar-refractivity contribution in [1.82, 2.24) is 34.5 Å². The lowest BCUT2D eigenvalue weighted by Gasteiger charge is -2.37. The molecular weight excluding hydrogens is 458 g/mol. The molecule has 2 aromatic rings. The SMILES string of the molecule is CN1CCN(C(=O)C2CCN(CC(=O)NN(CC(C)(C)C)c3cc(C#N)nc4nccn34)CC2)CC1. The maximum atomic E-state index is 13.1. The van der Waals surface area contributed by atoms with Gasteiger partial charge in [-0.1, -0.05) is 20.8 Å². The third-order valence-corrected chi connectivity index (χ3v) is 6.76. The van der Waals surface area contributed by atoms with Crippen LogP contribution in [0.1, 0.15) is 39.3 Å². The van der Waals surface area contributed by atoms with Crippen LogP contribution in [0, 0.1) is 22.7 Å². The van der Waals surface area contributed by atoms with Gasteiger partial charge < -0.3 is 9.80 Å². The predicted molar refractivity (Wildman–Crippen MR) is 136 cm³/mol. The van der Waals surface area contributed by atoms with E-state index in [0.29, 0.717) is 18.1 Å². The minimum atomic E-state index is -0.133. The van der Waals surface area contributed by atoms with Crippen LogP contribution in [0.4, 0.5) is 5.82 Å². The van der Waals surface area contributed by atoms with Gasteiger partial charge in [-0.2, -0.15) is 5.26 Å². The number of nitriles is 1. The van der Waals surface area contributed by atoms with Crippen LogP contribution >= 0.6 is 0 Å². The van der Waals surface area contributed by atoms with Crippen molar-refractivity contribution in [2.24, 2.45) is 11.3 Å². The molecule has 2 saturated heterocycles. The molecule has 0 bridgehead atoms. The van der Waals surface area contributed by atoms with Crippen molar-refractivity contribution in [2.75, 3.05) is 64.4 Å². The van der Waals surface area contributed by atoms with Crippen molar-refractivity contribution in [3.05, 3.63) is 24.2 Å². The van der Waals surface area contributed by atoms with E-state index in [1.54, 1.807) is 27.9 Å². The third kappa shape index (κ3) is 6.30. The molecule has 0 aliphatic carbocycles. The molecular formula is C25H37N9O2. The van der Waals surface area contributed by atoms with Crippen molar-refractivity contribution >= 4 is 23.4 Å². The van der Waals surface area contributed by atoms with E-state index in [-0.39, 0.29) is 35.4 Å². The maximum absolute atomic E-state index is 13.1. The number of amides is 2. The van der Waals surface area contributed by atoms with Gasteiger partial charge in [0, 0.05) is 57.1 Å². The van der Waals surface area contributed by atoms with Gasteiger partial charge >= 0.3 is 0 Å². The Balaban J connectivity index is 1.38. The van der Waals surface area contributed by atoms with Crippen molar-refractivity contribution in [2.45, 2.75) is 33.6 Å². The summed E-state index contributed by atoms with van der Waals surface area (Å²) < 4.78 is 1.77. The number of nitrogens with zero attached hydrogens (tertiary/aromatic N) is 8. The topological polar surface area (TPSA) is 113 Å². The highest BCUT2D eigenvalue weighted by Crippen LogP contribution is 2.23. The van der Waals surface area contributed by atoms with E-state index in [0.717, 1.165) is 52.1 Å². The molecule has 194 valence electrons. The molecule has 0 radical (unpaired) electrons. The summed E-state index contributed by atoms with van der Waals surface area (Å²) in [6.45, 7) is 11.9. The molecule has 0 atom stereocenters. The fourth-order valence-corrected chi connectivity index (χ4v) is 4.82. The van der Waals surface area contributed by atoms with E-state index in [4.69, 9.17) is 0 Å². The van der Waals surface area contributed by atoms with Crippen LogP contribution in [0.3, 0.4) is 0 Å². The zero-order chi connectivity index (χ0) is 25.9. The number of piperidine rings is 1. The van der Waals surface area contributed by atoms with Crippen molar-refractivity contribution in [3.63, 3.8) is 0 Å². The van der Waals surface area contributed by atoms with Gasteiger partial charge in [-0.05, 0) is 38.4 Å². The Hall–Kier alpha value is -3.23. The zero-order valence-corrected chi connectivity index (χ0v) is 21.8. The van der Waals surface area contributed by atoms with E-state index in [9.17, 15) is 14.9 Å². The van der Waals surface area contributed by atoms with E-state index in [1.807, 2.05) is 4.90 Å². The summed E-state index contributed by atoms with van der Waals surface area (Å²) in [5.74, 6) is 1.21. The fraction of sp³-hybridized carbons (Fsp3) is 0.640. The highest BCUT2D eigenvalue weighted by Gasteiger charge is 2.31. The van der Waals surface area contributed by atoms with E-state index in [1.165, 1.54) is 0 Å². The molecule has 4 heterocycles. The smallest absolute Gasteiger partial charge is 0.252 e. The standard InChI is InChI=1S/C25H37N9O2/c1-25(2,3)18-34(22-15-20(16-26)28-24-27-7-10-33(22)24)29-21(35)17-31-8-5-19(6-9-31)23(36)32-13-11-30(4)12-14-32/h7,10,15,19H,5-6,8-9,11-14,17-18H2,1-4H3,(H,29,35). The number of fused-ring (bicyclic) bond motifs is 1. The summed E-state index contributed by atoms with van der Waals surface area (Å²) in [4.78, 5) is 40.9. The van der Waals surface area contributed by atoms with Gasteiger partial charge in [-0.3, -0.25) is 29.3 Å². The molecule has 0 unspecified atom stereocenters. The van der Waals surface area contributed by atoms with Crippen LogP contribution in [0.15, 0.2) is 18.5 Å². The number of likely N-dealkylation sites (tertiary alicyclic amines) is 1. The molecule has 4 rings (SSSR count). The predicted octanol–water partition coefficient (Wildman–Crippen LogP) is 0.971. The molecule has 11 heteroatoms. The number of piperazine rings is 1. The molecule has 11 nitrogen and oxygen atoms in total. The van der Waals surface area contributed by atoms with Crippen LogP contribution in [0.25, 0.3) is 5.78 Å².